The standard InChI is InChI=1S/C13H10.C9H7.C8H11.2ClH.Zr/c1-3-7-12(8-4-1)11-13-9-5-2-6-10-13;1-2-5-9-7-3-6-8(9)4-1;1-7(2)8-5-3-4-6-8;;;/h1-10H;1-7H;3-7H,1-2H3;2*1H;/q;2*-1;;;+2/p-2. The maximum absolute atomic E-state index is 6.24. The molecule has 0 unspecified atom stereocenters. The summed E-state index contributed by atoms with van der Waals surface area (Å²) in [6.45, 7) is 4.41. The molecule has 5 aromatic carbocycles. The Morgan fingerprint density at radius 3 is 1.73 bits per heavy atom. The molecule has 0 aliphatic heterocycles. The minimum Gasteiger partial charge on any atom is -0.168 e. The van der Waals surface area contributed by atoms with Crippen LogP contribution in [0.3, 0.4) is 0 Å². The predicted octanol–water partition coefficient (Wildman–Crippen LogP) is 9.27. The van der Waals surface area contributed by atoms with Crippen LogP contribution in [0, 0.1) is 0 Å². The van der Waals surface area contributed by atoms with Gasteiger partial charge in [-0.2, -0.15) is 41.3 Å². The van der Waals surface area contributed by atoms with Crippen molar-refractivity contribution in [2.75, 3.05) is 0 Å². The Hall–Kier alpha value is -2.05. The molecule has 0 fully saturated rings. The summed E-state index contributed by atoms with van der Waals surface area (Å²) in [5.74, 6) is 0.685. The smallest absolute Gasteiger partial charge is 0.0809 e. The van der Waals surface area contributed by atoms with Crippen molar-refractivity contribution in [1.29, 1.82) is 0 Å². The van der Waals surface area contributed by atoms with Crippen molar-refractivity contribution < 1.29 is 18.9 Å². The number of hydrogen-bond donors (Lipinski definition) is 0. The molecule has 5 aromatic rings. The van der Waals surface area contributed by atoms with E-state index in [-0.39, 0.29) is 0 Å². The maximum atomic E-state index is 6.24. The van der Waals surface area contributed by atoms with Gasteiger partial charge < -0.3 is 0 Å². The summed E-state index contributed by atoms with van der Waals surface area (Å²) in [7, 11) is 12.5. The number of hydrogen-bond acceptors (Lipinski definition) is 0. The third-order valence-electron chi connectivity index (χ3n) is 5.22. The van der Waals surface area contributed by atoms with Crippen LogP contribution in [0.4, 0.5) is 0 Å². The summed E-state index contributed by atoms with van der Waals surface area (Å²) in [6, 6.07) is 43.4. The summed E-state index contributed by atoms with van der Waals surface area (Å²) in [5.41, 5.74) is 3.73. The molecule has 0 saturated heterocycles. The molecule has 0 radical (unpaired) electrons. The Bertz CT molecular complexity index is 1160. The van der Waals surface area contributed by atoms with E-state index in [4.69, 9.17) is 17.0 Å². The zero-order chi connectivity index (χ0) is 23.5. The molecule has 0 N–H and O–H groups in total. The number of benzene rings is 3. The van der Waals surface area contributed by atoms with E-state index in [9.17, 15) is 0 Å². The van der Waals surface area contributed by atoms with Crippen LogP contribution in [0.15, 0.2) is 127 Å². The summed E-state index contributed by atoms with van der Waals surface area (Å²) < 4.78 is 1.15. The first-order valence-corrected chi connectivity index (χ1v) is 18.6. The summed E-state index contributed by atoms with van der Waals surface area (Å²) >= 11 is -2.44. The first kappa shape index (κ1) is 25.6. The van der Waals surface area contributed by atoms with Crippen LogP contribution in [0.1, 0.15) is 36.5 Å². The van der Waals surface area contributed by atoms with Gasteiger partial charge in [-0.05, 0) is 0 Å². The van der Waals surface area contributed by atoms with Crippen LogP contribution in [-0.4, -0.2) is 3.21 Å². The summed E-state index contributed by atoms with van der Waals surface area (Å²) in [6.07, 6.45) is 0. The molecule has 5 rings (SSSR count). The van der Waals surface area contributed by atoms with Gasteiger partial charge in [-0.1, -0.05) is 25.8 Å². The van der Waals surface area contributed by atoms with Crippen molar-refractivity contribution in [3.8, 4) is 0 Å². The Balaban J connectivity index is 0.000000152. The molecule has 33 heavy (non-hydrogen) atoms. The van der Waals surface area contributed by atoms with Crippen LogP contribution in [0.2, 0.25) is 0 Å². The largest absolute Gasteiger partial charge is 0.168 e. The fourth-order valence-electron chi connectivity index (χ4n) is 3.44. The van der Waals surface area contributed by atoms with Gasteiger partial charge in [-0.3, -0.25) is 0 Å². The molecular weight excluding hydrogens is 522 g/mol. The van der Waals surface area contributed by atoms with E-state index in [1.165, 1.54) is 16.3 Å². The summed E-state index contributed by atoms with van der Waals surface area (Å²) in [5, 5.41) is 2.66. The van der Waals surface area contributed by atoms with Gasteiger partial charge in [0.25, 0.3) is 0 Å². The van der Waals surface area contributed by atoms with Gasteiger partial charge in [0.05, 0.1) is 0 Å². The fourth-order valence-corrected chi connectivity index (χ4v) is 7.91. The topological polar surface area (TPSA) is 0 Å². The Labute approximate surface area is 212 Å². The number of rotatable bonds is 3. The quantitative estimate of drug-likeness (QED) is 0.196. The van der Waals surface area contributed by atoms with Crippen molar-refractivity contribution in [3.05, 3.63) is 144 Å². The van der Waals surface area contributed by atoms with Crippen molar-refractivity contribution in [2.24, 2.45) is 0 Å². The monoisotopic (exact) mass is 548 g/mol. The average Bonchev–Trinajstić information content (AvgIpc) is 3.54. The van der Waals surface area contributed by atoms with Gasteiger partial charge in [0.1, 0.15) is 0 Å². The van der Waals surface area contributed by atoms with Gasteiger partial charge in [-0.25, -0.2) is 6.07 Å². The maximum Gasteiger partial charge on any atom is -0.0809 e. The molecule has 0 atom stereocenters. The third kappa shape index (κ3) is 8.04. The first-order valence-electron chi connectivity index (χ1n) is 11.0. The van der Waals surface area contributed by atoms with Gasteiger partial charge in [0.2, 0.25) is 0 Å². The molecular formula is C30H28Cl2Zr-2. The van der Waals surface area contributed by atoms with E-state index in [0.717, 1.165) is 14.3 Å². The Morgan fingerprint density at radius 2 is 1.27 bits per heavy atom. The molecule has 0 aromatic heterocycles. The van der Waals surface area contributed by atoms with E-state index < -0.39 is 18.9 Å². The zero-order valence-electron chi connectivity index (χ0n) is 19.0. The molecule has 0 nitrogen and oxygen atoms in total. The minimum absolute atomic E-state index is 0.685. The van der Waals surface area contributed by atoms with Crippen molar-refractivity contribution in [1.82, 2.24) is 0 Å². The summed E-state index contributed by atoms with van der Waals surface area (Å²) in [4.78, 5) is 0. The molecule has 0 heterocycles. The Kier molecular flexibility index (Phi) is 10.5. The average molecular weight is 551 g/mol. The van der Waals surface area contributed by atoms with E-state index in [1.54, 1.807) is 0 Å². The molecule has 0 aliphatic rings. The van der Waals surface area contributed by atoms with Gasteiger partial charge in [0, 0.05) is 0 Å². The van der Waals surface area contributed by atoms with Crippen molar-refractivity contribution >= 4 is 31.0 Å². The molecule has 0 saturated carbocycles. The second kappa shape index (κ2) is 13.6. The van der Waals surface area contributed by atoms with Crippen LogP contribution in [-0.2, 0) is 18.9 Å². The van der Waals surface area contributed by atoms with E-state index >= 15 is 0 Å². The Morgan fingerprint density at radius 1 is 0.697 bits per heavy atom. The van der Waals surface area contributed by atoms with Gasteiger partial charge >= 0.3 is 111 Å². The molecule has 3 heteroatoms. The second-order valence-corrected chi connectivity index (χ2v) is 16.0. The molecule has 0 amide bonds. The predicted molar refractivity (Wildman–Crippen MR) is 143 cm³/mol. The minimum atomic E-state index is -2.44. The zero-order valence-corrected chi connectivity index (χ0v) is 22.9. The molecule has 0 spiro atoms. The van der Waals surface area contributed by atoms with Gasteiger partial charge in [0.15, 0.2) is 0 Å². The van der Waals surface area contributed by atoms with Gasteiger partial charge in [-0.15, -0.1) is 29.7 Å². The normalized spacial score (nSPS) is 10.1. The van der Waals surface area contributed by atoms with E-state index in [1.807, 2.05) is 36.4 Å². The number of fused-ring (bicyclic) bond motifs is 1. The van der Waals surface area contributed by atoms with E-state index in [2.05, 4.69) is 105 Å². The van der Waals surface area contributed by atoms with E-state index in [0.29, 0.717) is 5.92 Å². The van der Waals surface area contributed by atoms with Crippen LogP contribution < -0.4 is 0 Å². The van der Waals surface area contributed by atoms with Crippen LogP contribution in [0.5, 0.6) is 0 Å². The molecule has 0 aliphatic carbocycles. The van der Waals surface area contributed by atoms with Crippen LogP contribution in [0.25, 0.3) is 10.8 Å². The second-order valence-electron chi connectivity index (χ2n) is 7.90. The van der Waals surface area contributed by atoms with Crippen molar-refractivity contribution in [3.63, 3.8) is 0 Å². The fraction of sp³-hybridized carbons (Fsp3) is 0.100. The molecule has 0 bridgehead atoms. The number of halogens is 2. The van der Waals surface area contributed by atoms with Crippen LogP contribution >= 0.6 is 17.0 Å². The first-order chi connectivity index (χ1) is 16.1. The third-order valence-corrected chi connectivity index (χ3v) is 9.80. The molecule has 168 valence electrons. The van der Waals surface area contributed by atoms with Crippen molar-refractivity contribution in [2.45, 2.75) is 19.8 Å². The SMILES string of the molecule is CC(C)c1cc[cH-]c1.[Cl][Zr]([Cl])=[C](c1ccccc1)c1ccccc1.c1ccc2[cH-]ccc2c1.